The quantitative estimate of drug-likeness (QED) is 0.392. The summed E-state index contributed by atoms with van der Waals surface area (Å²) in [7, 11) is 1.53. The zero-order valence-corrected chi connectivity index (χ0v) is 17.2. The molecule has 3 N–H and O–H groups in total. The molecule has 2 rings (SSSR count). The number of nitrogens with zero attached hydrogens (tertiary/aromatic N) is 1. The second-order valence-electron chi connectivity index (χ2n) is 7.25. The van der Waals surface area contributed by atoms with Gasteiger partial charge in [-0.2, -0.15) is 5.10 Å². The summed E-state index contributed by atoms with van der Waals surface area (Å²) in [5.41, 5.74) is 5.07. The number of carbonyl (C=O) groups is 1. The molecule has 1 aromatic rings. The van der Waals surface area contributed by atoms with Crippen LogP contribution in [0.5, 0.6) is 5.75 Å². The Hall–Kier alpha value is -2.15. The molecule has 0 spiro atoms. The molecule has 1 aromatic carbocycles. The number of carboxylic acids is 1. The number of aliphatic carboxylic acids is 1. The van der Waals surface area contributed by atoms with Gasteiger partial charge in [-0.3, -0.25) is 10.2 Å². The average Bonchev–Trinajstić information content (AvgIpc) is 2.63. The van der Waals surface area contributed by atoms with Crippen LogP contribution in [0.3, 0.4) is 0 Å². The fourth-order valence-electron chi connectivity index (χ4n) is 3.49. The number of carboxylic acid groups (broad SMARTS) is 1. The standard InChI is InChI=1S/C20H29N3O3S/c1-12-6-5-7-17(13(12)2)21-20(27)23-22-14(3)15-8-9-18(26-4)16(10-15)11-19(24)25/h8-10,12-13,17H,5-7,11H2,1-4H3,(H,24,25)(H2,21,23,27)/b22-14-/t12-,13+,17+/m0/s1. The fraction of sp³-hybridized carbons (Fsp3) is 0.550. The highest BCUT2D eigenvalue weighted by molar-refractivity contribution is 7.80. The molecular formula is C20H29N3O3S. The number of hydrazone groups is 1. The molecule has 6 nitrogen and oxygen atoms in total. The monoisotopic (exact) mass is 391 g/mol. The third-order valence-corrected chi connectivity index (χ3v) is 5.60. The number of nitrogens with one attached hydrogen (secondary N) is 2. The normalized spacial score (nSPS) is 22.8. The Bertz CT molecular complexity index is 720. The van der Waals surface area contributed by atoms with Crippen LogP contribution in [0.1, 0.15) is 51.2 Å². The maximum Gasteiger partial charge on any atom is 0.307 e. The Morgan fingerprint density at radius 3 is 2.78 bits per heavy atom. The molecule has 0 amide bonds. The third-order valence-electron chi connectivity index (χ3n) is 5.39. The summed E-state index contributed by atoms with van der Waals surface area (Å²) in [6.07, 6.45) is 3.50. The Labute approximate surface area is 166 Å². The molecule has 0 aliphatic heterocycles. The highest BCUT2D eigenvalue weighted by Gasteiger charge is 2.27. The smallest absolute Gasteiger partial charge is 0.307 e. The van der Waals surface area contributed by atoms with E-state index in [4.69, 9.17) is 22.1 Å². The first-order valence-electron chi connectivity index (χ1n) is 9.31. The molecule has 0 heterocycles. The van der Waals surface area contributed by atoms with Gasteiger partial charge in [-0.15, -0.1) is 0 Å². The second-order valence-corrected chi connectivity index (χ2v) is 7.66. The summed E-state index contributed by atoms with van der Waals surface area (Å²) in [5.74, 6) is 0.916. The van der Waals surface area contributed by atoms with Crippen LogP contribution in [0.15, 0.2) is 23.3 Å². The van der Waals surface area contributed by atoms with Crippen molar-refractivity contribution < 1.29 is 14.6 Å². The predicted molar refractivity (Wildman–Crippen MR) is 111 cm³/mol. The number of thiocarbonyl (C=S) groups is 1. The molecule has 0 aromatic heterocycles. The van der Waals surface area contributed by atoms with E-state index in [1.54, 1.807) is 12.1 Å². The van der Waals surface area contributed by atoms with Crippen LogP contribution in [-0.2, 0) is 11.2 Å². The minimum absolute atomic E-state index is 0.102. The number of methoxy groups -OCH3 is 1. The first-order chi connectivity index (χ1) is 12.8. The van der Waals surface area contributed by atoms with Gasteiger partial charge in [0, 0.05) is 11.6 Å². The minimum atomic E-state index is -0.903. The number of rotatable bonds is 6. The summed E-state index contributed by atoms with van der Waals surface area (Å²) < 4.78 is 5.23. The average molecular weight is 392 g/mol. The molecule has 7 heteroatoms. The summed E-state index contributed by atoms with van der Waals surface area (Å²) in [6, 6.07) is 5.77. The third kappa shape index (κ3) is 5.92. The molecule has 27 heavy (non-hydrogen) atoms. The van der Waals surface area contributed by atoms with Gasteiger partial charge in [-0.1, -0.05) is 26.7 Å². The van der Waals surface area contributed by atoms with E-state index < -0.39 is 5.97 Å². The number of hydrogen-bond acceptors (Lipinski definition) is 4. The zero-order chi connectivity index (χ0) is 20.0. The first kappa shape index (κ1) is 21.2. The van der Waals surface area contributed by atoms with E-state index >= 15 is 0 Å². The van der Waals surface area contributed by atoms with Crippen molar-refractivity contribution in [1.82, 2.24) is 10.7 Å². The lowest BCUT2D eigenvalue weighted by atomic mass is 9.78. The van der Waals surface area contributed by atoms with Crippen LogP contribution >= 0.6 is 12.2 Å². The first-order valence-corrected chi connectivity index (χ1v) is 9.72. The molecule has 1 fully saturated rings. The molecule has 1 aliphatic carbocycles. The van der Waals surface area contributed by atoms with Crippen LogP contribution < -0.4 is 15.5 Å². The number of ether oxygens (including phenoxy) is 1. The highest BCUT2D eigenvalue weighted by Crippen LogP contribution is 2.29. The molecule has 0 bridgehead atoms. The van der Waals surface area contributed by atoms with E-state index in [1.807, 2.05) is 13.0 Å². The SMILES string of the molecule is COc1ccc(/C(C)=N\NC(=S)N[C@@H]2CCC[C@H](C)[C@H]2C)cc1CC(=O)O. The number of hydrogen-bond donors (Lipinski definition) is 3. The van der Waals surface area contributed by atoms with Crippen molar-refractivity contribution >= 4 is 29.0 Å². The molecule has 0 saturated heterocycles. The summed E-state index contributed by atoms with van der Waals surface area (Å²) in [5, 5.41) is 17.3. The highest BCUT2D eigenvalue weighted by atomic mass is 32.1. The van der Waals surface area contributed by atoms with Gasteiger partial charge in [0.15, 0.2) is 5.11 Å². The van der Waals surface area contributed by atoms with Gasteiger partial charge in [0.1, 0.15) is 5.75 Å². The van der Waals surface area contributed by atoms with Crippen molar-refractivity contribution in [2.24, 2.45) is 16.9 Å². The van der Waals surface area contributed by atoms with Crippen LogP contribution in [0.25, 0.3) is 0 Å². The number of benzene rings is 1. The fourth-order valence-corrected chi connectivity index (χ4v) is 3.69. The van der Waals surface area contributed by atoms with E-state index in [1.165, 1.54) is 20.0 Å². The Morgan fingerprint density at radius 2 is 2.11 bits per heavy atom. The van der Waals surface area contributed by atoms with Crippen LogP contribution in [0.2, 0.25) is 0 Å². The second kappa shape index (κ2) is 9.69. The van der Waals surface area contributed by atoms with E-state index in [0.29, 0.717) is 34.3 Å². The maximum atomic E-state index is 11.0. The van der Waals surface area contributed by atoms with Crippen molar-refractivity contribution in [1.29, 1.82) is 0 Å². The summed E-state index contributed by atoms with van der Waals surface area (Å²) >= 11 is 5.39. The lowest BCUT2D eigenvalue weighted by Crippen LogP contribution is -2.46. The lowest BCUT2D eigenvalue weighted by Gasteiger charge is -2.35. The van der Waals surface area contributed by atoms with E-state index in [2.05, 4.69) is 29.7 Å². The largest absolute Gasteiger partial charge is 0.496 e. The molecule has 1 saturated carbocycles. The molecule has 148 valence electrons. The predicted octanol–water partition coefficient (Wildman–Crippen LogP) is 3.34. The van der Waals surface area contributed by atoms with E-state index in [0.717, 1.165) is 17.7 Å². The van der Waals surface area contributed by atoms with Crippen molar-refractivity contribution in [2.75, 3.05) is 7.11 Å². The zero-order valence-electron chi connectivity index (χ0n) is 16.4. The Balaban J connectivity index is 2.02. The Morgan fingerprint density at radius 1 is 1.37 bits per heavy atom. The topological polar surface area (TPSA) is 83.0 Å². The molecule has 3 atom stereocenters. The van der Waals surface area contributed by atoms with Crippen molar-refractivity contribution in [3.63, 3.8) is 0 Å². The maximum absolute atomic E-state index is 11.0. The molecule has 0 unspecified atom stereocenters. The molecular weight excluding hydrogens is 362 g/mol. The summed E-state index contributed by atoms with van der Waals surface area (Å²) in [4.78, 5) is 11.0. The van der Waals surface area contributed by atoms with Gasteiger partial charge in [0.25, 0.3) is 0 Å². The van der Waals surface area contributed by atoms with Crippen molar-refractivity contribution in [3.05, 3.63) is 29.3 Å². The van der Waals surface area contributed by atoms with Gasteiger partial charge in [-0.25, -0.2) is 0 Å². The van der Waals surface area contributed by atoms with Gasteiger partial charge in [0.2, 0.25) is 0 Å². The minimum Gasteiger partial charge on any atom is -0.496 e. The van der Waals surface area contributed by atoms with Gasteiger partial charge in [-0.05, 0) is 61.2 Å². The van der Waals surface area contributed by atoms with Crippen LogP contribution in [0, 0.1) is 11.8 Å². The summed E-state index contributed by atoms with van der Waals surface area (Å²) in [6.45, 7) is 6.41. The van der Waals surface area contributed by atoms with Crippen LogP contribution in [0.4, 0.5) is 0 Å². The van der Waals surface area contributed by atoms with E-state index in [9.17, 15) is 4.79 Å². The van der Waals surface area contributed by atoms with E-state index in [-0.39, 0.29) is 6.42 Å². The van der Waals surface area contributed by atoms with Crippen molar-refractivity contribution in [2.45, 2.75) is 52.5 Å². The van der Waals surface area contributed by atoms with Gasteiger partial charge in [0.05, 0.1) is 19.2 Å². The van der Waals surface area contributed by atoms with Crippen molar-refractivity contribution in [3.8, 4) is 5.75 Å². The molecule has 0 radical (unpaired) electrons. The van der Waals surface area contributed by atoms with Crippen LogP contribution in [-0.4, -0.2) is 35.1 Å². The Kier molecular flexibility index (Phi) is 7.59. The van der Waals surface area contributed by atoms with Gasteiger partial charge >= 0.3 is 5.97 Å². The molecule has 1 aliphatic rings. The van der Waals surface area contributed by atoms with Gasteiger partial charge < -0.3 is 15.2 Å². The lowest BCUT2D eigenvalue weighted by molar-refractivity contribution is -0.136.